The normalized spacial score (nSPS) is 13.6. The lowest BCUT2D eigenvalue weighted by Gasteiger charge is -1.99. The Morgan fingerprint density at radius 1 is 0.947 bits per heavy atom. The summed E-state index contributed by atoms with van der Waals surface area (Å²) in [6.45, 7) is 4.81. The van der Waals surface area contributed by atoms with E-state index in [2.05, 4.69) is 53.3 Å². The SMILES string of the molecule is C1=CCC=C1.C1=CCC=C1.CCOCCOC(C)=O. The molecule has 0 aromatic rings. The molecule has 0 spiro atoms. The first-order chi connectivity index (χ1) is 9.27. The highest BCUT2D eigenvalue weighted by atomic mass is 16.6. The van der Waals surface area contributed by atoms with Crippen molar-refractivity contribution in [1.82, 2.24) is 0 Å². The molecule has 3 nitrogen and oxygen atoms in total. The van der Waals surface area contributed by atoms with Crippen molar-refractivity contribution < 1.29 is 14.3 Å². The van der Waals surface area contributed by atoms with Crippen molar-refractivity contribution in [2.45, 2.75) is 26.7 Å². The third-order valence-electron chi connectivity index (χ3n) is 2.05. The standard InChI is InChI=1S/C6H12O3.2C5H6/c1-3-8-4-5-9-6(2)7;2*1-2-4-5-3-1/h3-5H2,1-2H3;2*1-4H,5H2. The molecular weight excluding hydrogens is 240 g/mol. The first-order valence-electron chi connectivity index (χ1n) is 6.61. The van der Waals surface area contributed by atoms with E-state index in [1.165, 1.54) is 6.92 Å². The van der Waals surface area contributed by atoms with E-state index in [1.807, 2.05) is 6.92 Å². The Morgan fingerprint density at radius 3 is 1.68 bits per heavy atom. The van der Waals surface area contributed by atoms with Crippen LogP contribution >= 0.6 is 0 Å². The summed E-state index contributed by atoms with van der Waals surface area (Å²) in [4.78, 5) is 10.1. The summed E-state index contributed by atoms with van der Waals surface area (Å²) in [5.41, 5.74) is 0. The summed E-state index contributed by atoms with van der Waals surface area (Å²) in [7, 11) is 0. The number of rotatable bonds is 4. The van der Waals surface area contributed by atoms with Gasteiger partial charge in [0.2, 0.25) is 0 Å². The van der Waals surface area contributed by atoms with E-state index in [1.54, 1.807) is 0 Å². The van der Waals surface area contributed by atoms with Crippen molar-refractivity contribution in [3.8, 4) is 0 Å². The predicted molar refractivity (Wildman–Crippen MR) is 78.9 cm³/mol. The van der Waals surface area contributed by atoms with Crippen LogP contribution in [0, 0.1) is 0 Å². The lowest BCUT2D eigenvalue weighted by Crippen LogP contribution is -2.06. The predicted octanol–water partition coefficient (Wildman–Crippen LogP) is 3.59. The van der Waals surface area contributed by atoms with E-state index < -0.39 is 0 Å². The zero-order chi connectivity index (χ0) is 14.2. The Balaban J connectivity index is 0.000000273. The van der Waals surface area contributed by atoms with Crippen LogP contribution in [0.15, 0.2) is 48.6 Å². The number of carbonyl (C=O) groups is 1. The van der Waals surface area contributed by atoms with E-state index in [0.717, 1.165) is 12.8 Å². The Hall–Kier alpha value is -1.61. The number of ether oxygens (including phenoxy) is 2. The topological polar surface area (TPSA) is 35.5 Å². The van der Waals surface area contributed by atoms with Gasteiger partial charge in [0.05, 0.1) is 6.61 Å². The van der Waals surface area contributed by atoms with Gasteiger partial charge in [-0.25, -0.2) is 0 Å². The highest BCUT2D eigenvalue weighted by Gasteiger charge is 1.89. The first-order valence-corrected chi connectivity index (χ1v) is 6.61. The number of hydrogen-bond donors (Lipinski definition) is 0. The van der Waals surface area contributed by atoms with Crippen LogP contribution in [0.25, 0.3) is 0 Å². The van der Waals surface area contributed by atoms with Crippen LogP contribution in [0.4, 0.5) is 0 Å². The molecule has 2 aliphatic rings. The van der Waals surface area contributed by atoms with Gasteiger partial charge in [0.15, 0.2) is 0 Å². The van der Waals surface area contributed by atoms with Gasteiger partial charge in [-0.15, -0.1) is 0 Å². The molecule has 0 saturated carbocycles. The molecule has 0 N–H and O–H groups in total. The Bertz CT molecular complexity index is 283. The zero-order valence-corrected chi connectivity index (χ0v) is 11.9. The lowest BCUT2D eigenvalue weighted by atomic mass is 10.5. The van der Waals surface area contributed by atoms with Crippen LogP contribution in [-0.4, -0.2) is 25.8 Å². The average molecular weight is 264 g/mol. The second-order valence-corrected chi connectivity index (χ2v) is 3.72. The average Bonchev–Trinajstić information content (AvgIpc) is 3.11. The minimum absolute atomic E-state index is 0.255. The number of carbonyl (C=O) groups excluding carboxylic acids is 1. The molecule has 0 unspecified atom stereocenters. The van der Waals surface area contributed by atoms with E-state index >= 15 is 0 Å². The van der Waals surface area contributed by atoms with Crippen LogP contribution in [0.3, 0.4) is 0 Å². The largest absolute Gasteiger partial charge is 0.463 e. The molecule has 0 aromatic carbocycles. The van der Waals surface area contributed by atoms with Crippen molar-refractivity contribution in [2.24, 2.45) is 0 Å². The van der Waals surface area contributed by atoms with Crippen LogP contribution in [-0.2, 0) is 14.3 Å². The van der Waals surface area contributed by atoms with Crippen LogP contribution < -0.4 is 0 Å². The summed E-state index contributed by atoms with van der Waals surface area (Å²) in [5, 5.41) is 0. The smallest absolute Gasteiger partial charge is 0.302 e. The van der Waals surface area contributed by atoms with E-state index in [9.17, 15) is 4.79 Å². The minimum atomic E-state index is -0.255. The lowest BCUT2D eigenvalue weighted by molar-refractivity contribution is -0.142. The van der Waals surface area contributed by atoms with Crippen molar-refractivity contribution in [3.63, 3.8) is 0 Å². The monoisotopic (exact) mass is 264 g/mol. The third kappa shape index (κ3) is 16.4. The summed E-state index contributed by atoms with van der Waals surface area (Å²) < 4.78 is 9.49. The molecule has 0 aromatic heterocycles. The van der Waals surface area contributed by atoms with Gasteiger partial charge in [0, 0.05) is 13.5 Å². The summed E-state index contributed by atoms with van der Waals surface area (Å²) in [6.07, 6.45) is 19.0. The molecule has 0 radical (unpaired) electrons. The van der Waals surface area contributed by atoms with Gasteiger partial charge in [-0.3, -0.25) is 4.79 Å². The minimum Gasteiger partial charge on any atom is -0.463 e. The van der Waals surface area contributed by atoms with Gasteiger partial charge in [0.1, 0.15) is 6.61 Å². The van der Waals surface area contributed by atoms with Crippen LogP contribution in [0.2, 0.25) is 0 Å². The molecule has 0 amide bonds. The van der Waals surface area contributed by atoms with Gasteiger partial charge >= 0.3 is 5.97 Å². The maximum Gasteiger partial charge on any atom is 0.302 e. The van der Waals surface area contributed by atoms with E-state index in [0.29, 0.717) is 19.8 Å². The van der Waals surface area contributed by atoms with Gasteiger partial charge < -0.3 is 9.47 Å². The molecule has 0 heterocycles. The first kappa shape index (κ1) is 17.4. The molecular formula is C16H24O3. The van der Waals surface area contributed by atoms with Crippen molar-refractivity contribution in [3.05, 3.63) is 48.6 Å². The highest BCUT2D eigenvalue weighted by Crippen LogP contribution is 1.93. The molecule has 0 saturated heterocycles. The van der Waals surface area contributed by atoms with E-state index in [-0.39, 0.29) is 5.97 Å². The summed E-state index contributed by atoms with van der Waals surface area (Å²) in [6, 6.07) is 0. The fourth-order valence-corrected chi connectivity index (χ4v) is 1.17. The fraction of sp³-hybridized carbons (Fsp3) is 0.438. The van der Waals surface area contributed by atoms with Gasteiger partial charge in [-0.1, -0.05) is 48.6 Å². The summed E-state index contributed by atoms with van der Waals surface area (Å²) >= 11 is 0. The summed E-state index contributed by atoms with van der Waals surface area (Å²) in [5.74, 6) is -0.255. The highest BCUT2D eigenvalue weighted by molar-refractivity contribution is 5.65. The molecule has 0 bridgehead atoms. The molecule has 0 aliphatic heterocycles. The molecule has 0 atom stereocenters. The zero-order valence-electron chi connectivity index (χ0n) is 11.9. The maximum atomic E-state index is 10.1. The second kappa shape index (κ2) is 14.5. The number of esters is 1. The molecule has 2 aliphatic carbocycles. The van der Waals surface area contributed by atoms with Crippen LogP contribution in [0.1, 0.15) is 26.7 Å². The molecule has 0 fully saturated rings. The molecule has 3 heteroatoms. The van der Waals surface area contributed by atoms with E-state index in [4.69, 9.17) is 4.74 Å². The molecule has 19 heavy (non-hydrogen) atoms. The van der Waals surface area contributed by atoms with Gasteiger partial charge in [0.25, 0.3) is 0 Å². The Kier molecular flexibility index (Phi) is 13.2. The molecule has 106 valence electrons. The van der Waals surface area contributed by atoms with Gasteiger partial charge in [-0.2, -0.15) is 0 Å². The second-order valence-electron chi connectivity index (χ2n) is 3.72. The van der Waals surface area contributed by atoms with Gasteiger partial charge in [-0.05, 0) is 19.8 Å². The maximum absolute atomic E-state index is 10.1. The third-order valence-corrected chi connectivity index (χ3v) is 2.05. The van der Waals surface area contributed by atoms with Crippen molar-refractivity contribution in [2.75, 3.05) is 19.8 Å². The number of hydrogen-bond acceptors (Lipinski definition) is 3. The van der Waals surface area contributed by atoms with Crippen LogP contribution in [0.5, 0.6) is 0 Å². The Labute approximate surface area is 116 Å². The fourth-order valence-electron chi connectivity index (χ4n) is 1.17. The van der Waals surface area contributed by atoms with Crippen molar-refractivity contribution in [1.29, 1.82) is 0 Å². The Morgan fingerprint density at radius 2 is 1.42 bits per heavy atom. The number of allylic oxidation sites excluding steroid dienone is 8. The van der Waals surface area contributed by atoms with Crippen molar-refractivity contribution >= 4 is 5.97 Å². The quantitative estimate of drug-likeness (QED) is 0.575. The molecule has 2 rings (SSSR count).